The lowest BCUT2D eigenvalue weighted by atomic mass is 9.84. The summed E-state index contributed by atoms with van der Waals surface area (Å²) in [5.41, 5.74) is 0. The minimum Gasteiger partial charge on any atom is -0.486 e. The Kier molecular flexibility index (Phi) is 1.96. The van der Waals surface area contributed by atoms with Crippen LogP contribution in [0.1, 0.15) is 6.42 Å². The Morgan fingerprint density at radius 2 is 1.71 bits per heavy atom. The van der Waals surface area contributed by atoms with E-state index in [9.17, 15) is 0 Å². The van der Waals surface area contributed by atoms with Gasteiger partial charge in [-0.2, -0.15) is 0 Å². The van der Waals surface area contributed by atoms with E-state index in [1.54, 1.807) is 0 Å². The van der Waals surface area contributed by atoms with Crippen molar-refractivity contribution in [2.75, 3.05) is 0 Å². The van der Waals surface area contributed by atoms with E-state index < -0.39 is 0 Å². The van der Waals surface area contributed by atoms with Gasteiger partial charge in [0.1, 0.15) is 11.9 Å². The van der Waals surface area contributed by atoms with E-state index >= 15 is 0 Å². The summed E-state index contributed by atoms with van der Waals surface area (Å²) < 4.78 is 6.12. The molecule has 0 heterocycles. The van der Waals surface area contributed by atoms with Crippen LogP contribution in [0.4, 0.5) is 0 Å². The number of hydrogen-bond acceptors (Lipinski definition) is 1. The molecule has 0 amide bonds. The molecule has 1 aromatic rings. The molecule has 0 aromatic heterocycles. The van der Waals surface area contributed by atoms with Crippen LogP contribution in [-0.2, 0) is 0 Å². The van der Waals surface area contributed by atoms with Gasteiger partial charge < -0.3 is 4.74 Å². The summed E-state index contributed by atoms with van der Waals surface area (Å²) in [6.45, 7) is 0. The van der Waals surface area contributed by atoms with Gasteiger partial charge in [-0.25, -0.2) is 0 Å². The zero-order chi connectivity index (χ0) is 11.2. The SMILES string of the molecule is C1=CC2CC1C1C=CC(Oc3ccccc3)C21. The van der Waals surface area contributed by atoms with E-state index in [0.29, 0.717) is 5.92 Å². The van der Waals surface area contributed by atoms with Crippen molar-refractivity contribution in [3.05, 3.63) is 54.6 Å². The van der Waals surface area contributed by atoms with E-state index in [-0.39, 0.29) is 6.10 Å². The second kappa shape index (κ2) is 3.49. The van der Waals surface area contributed by atoms with Crippen molar-refractivity contribution in [1.29, 1.82) is 0 Å². The summed E-state index contributed by atoms with van der Waals surface area (Å²) in [6.07, 6.45) is 11.1. The molecule has 4 rings (SSSR count). The standard InChI is InChI=1S/C16H16O/c1-2-4-13(5-3-1)17-15-9-8-14-11-6-7-12(10-11)16(14)15/h1-9,11-12,14-16H,10H2. The first-order chi connectivity index (χ1) is 8.42. The number of para-hydroxylation sites is 1. The van der Waals surface area contributed by atoms with Gasteiger partial charge in [-0.15, -0.1) is 0 Å². The number of allylic oxidation sites excluding steroid dienone is 3. The minimum absolute atomic E-state index is 0.280. The smallest absolute Gasteiger partial charge is 0.121 e. The topological polar surface area (TPSA) is 9.23 Å². The normalized spacial score (nSPS) is 40.8. The van der Waals surface area contributed by atoms with Gasteiger partial charge in [0, 0.05) is 5.92 Å². The molecule has 0 spiro atoms. The van der Waals surface area contributed by atoms with E-state index in [4.69, 9.17) is 4.74 Å². The third-order valence-corrected chi connectivity index (χ3v) is 4.50. The maximum Gasteiger partial charge on any atom is 0.121 e. The number of ether oxygens (including phenoxy) is 1. The molecule has 1 aromatic carbocycles. The molecule has 0 radical (unpaired) electrons. The summed E-state index contributed by atoms with van der Waals surface area (Å²) in [7, 11) is 0. The predicted molar refractivity (Wildman–Crippen MR) is 67.7 cm³/mol. The molecule has 0 N–H and O–H groups in total. The lowest BCUT2D eigenvalue weighted by molar-refractivity contribution is 0.154. The van der Waals surface area contributed by atoms with Crippen LogP contribution in [0.25, 0.3) is 0 Å². The summed E-state index contributed by atoms with van der Waals surface area (Å²) in [6, 6.07) is 10.2. The van der Waals surface area contributed by atoms with E-state index in [1.807, 2.05) is 30.3 Å². The van der Waals surface area contributed by atoms with Crippen molar-refractivity contribution in [2.45, 2.75) is 12.5 Å². The van der Waals surface area contributed by atoms with Crippen LogP contribution in [0.2, 0.25) is 0 Å². The molecule has 0 aliphatic heterocycles. The van der Waals surface area contributed by atoms with Crippen molar-refractivity contribution in [1.82, 2.24) is 0 Å². The van der Waals surface area contributed by atoms with Gasteiger partial charge in [0.15, 0.2) is 0 Å². The number of benzene rings is 1. The molecular weight excluding hydrogens is 208 g/mol. The molecule has 17 heavy (non-hydrogen) atoms. The summed E-state index contributed by atoms with van der Waals surface area (Å²) in [5.74, 6) is 3.94. The second-order valence-corrected chi connectivity index (χ2v) is 5.38. The highest BCUT2D eigenvalue weighted by molar-refractivity contribution is 5.28. The molecule has 86 valence electrons. The first kappa shape index (κ1) is 9.52. The van der Waals surface area contributed by atoms with Crippen LogP contribution in [0.3, 0.4) is 0 Å². The summed E-state index contributed by atoms with van der Waals surface area (Å²) in [5, 5.41) is 0. The molecule has 5 atom stereocenters. The van der Waals surface area contributed by atoms with Gasteiger partial charge in [-0.05, 0) is 42.4 Å². The van der Waals surface area contributed by atoms with Gasteiger partial charge in [-0.1, -0.05) is 36.4 Å². The number of fused-ring (bicyclic) bond motifs is 5. The molecule has 1 fully saturated rings. The van der Waals surface area contributed by atoms with Crippen LogP contribution >= 0.6 is 0 Å². The van der Waals surface area contributed by atoms with Crippen molar-refractivity contribution in [3.8, 4) is 5.75 Å². The fraction of sp³-hybridized carbons (Fsp3) is 0.375. The molecule has 1 heteroatoms. The fourth-order valence-corrected chi connectivity index (χ4v) is 3.77. The molecule has 2 bridgehead atoms. The summed E-state index contributed by atoms with van der Waals surface area (Å²) in [4.78, 5) is 0. The zero-order valence-electron chi connectivity index (χ0n) is 9.70. The van der Waals surface area contributed by atoms with Crippen molar-refractivity contribution in [3.63, 3.8) is 0 Å². The molecule has 1 saturated carbocycles. The first-order valence-corrected chi connectivity index (χ1v) is 6.50. The highest BCUT2D eigenvalue weighted by atomic mass is 16.5. The van der Waals surface area contributed by atoms with Crippen LogP contribution in [-0.4, -0.2) is 6.10 Å². The molecule has 0 saturated heterocycles. The molecular formula is C16H16O. The summed E-state index contributed by atoms with van der Waals surface area (Å²) >= 11 is 0. The van der Waals surface area contributed by atoms with Crippen LogP contribution in [0.15, 0.2) is 54.6 Å². The van der Waals surface area contributed by atoms with Crippen LogP contribution in [0, 0.1) is 23.7 Å². The Labute approximate surface area is 102 Å². The van der Waals surface area contributed by atoms with Gasteiger partial charge in [0.05, 0.1) is 0 Å². The Hall–Kier alpha value is -1.50. The van der Waals surface area contributed by atoms with Crippen LogP contribution in [0.5, 0.6) is 5.75 Å². The van der Waals surface area contributed by atoms with Crippen molar-refractivity contribution < 1.29 is 4.74 Å². The highest BCUT2D eigenvalue weighted by Crippen LogP contribution is 2.53. The molecule has 3 aliphatic carbocycles. The Bertz CT molecular complexity index is 474. The van der Waals surface area contributed by atoms with Crippen LogP contribution < -0.4 is 4.74 Å². The lowest BCUT2D eigenvalue weighted by Gasteiger charge is -2.26. The first-order valence-electron chi connectivity index (χ1n) is 6.50. The van der Waals surface area contributed by atoms with Gasteiger partial charge in [0.25, 0.3) is 0 Å². The van der Waals surface area contributed by atoms with E-state index in [0.717, 1.165) is 23.5 Å². The zero-order valence-corrected chi connectivity index (χ0v) is 9.70. The van der Waals surface area contributed by atoms with Crippen molar-refractivity contribution in [2.24, 2.45) is 23.7 Å². The Morgan fingerprint density at radius 3 is 2.59 bits per heavy atom. The molecule has 3 aliphatic rings. The number of rotatable bonds is 2. The van der Waals surface area contributed by atoms with Gasteiger partial charge in [0.2, 0.25) is 0 Å². The minimum atomic E-state index is 0.280. The second-order valence-electron chi connectivity index (χ2n) is 5.38. The number of hydrogen-bond donors (Lipinski definition) is 0. The Morgan fingerprint density at radius 1 is 0.882 bits per heavy atom. The monoisotopic (exact) mass is 224 g/mol. The van der Waals surface area contributed by atoms with E-state index in [2.05, 4.69) is 24.3 Å². The maximum atomic E-state index is 6.12. The fourth-order valence-electron chi connectivity index (χ4n) is 3.77. The van der Waals surface area contributed by atoms with E-state index in [1.165, 1.54) is 6.42 Å². The average Bonchev–Trinajstić information content (AvgIpc) is 3.03. The Balaban J connectivity index is 1.57. The van der Waals surface area contributed by atoms with Crippen molar-refractivity contribution >= 4 is 0 Å². The molecule has 1 nitrogen and oxygen atoms in total. The third-order valence-electron chi connectivity index (χ3n) is 4.50. The van der Waals surface area contributed by atoms with Gasteiger partial charge in [-0.3, -0.25) is 0 Å². The third kappa shape index (κ3) is 1.38. The average molecular weight is 224 g/mol. The van der Waals surface area contributed by atoms with Gasteiger partial charge >= 0.3 is 0 Å². The largest absolute Gasteiger partial charge is 0.486 e. The lowest BCUT2D eigenvalue weighted by Crippen LogP contribution is -2.28. The predicted octanol–water partition coefficient (Wildman–Crippen LogP) is 3.44. The quantitative estimate of drug-likeness (QED) is 0.699. The maximum absolute atomic E-state index is 6.12. The molecule has 5 unspecified atom stereocenters. The highest BCUT2D eigenvalue weighted by Gasteiger charge is 2.49.